The predicted molar refractivity (Wildman–Crippen MR) is 87.6 cm³/mol. The van der Waals surface area contributed by atoms with Crippen molar-refractivity contribution in [1.29, 1.82) is 0 Å². The highest BCUT2D eigenvalue weighted by molar-refractivity contribution is 5.92. The van der Waals surface area contributed by atoms with Crippen LogP contribution in [-0.2, 0) is 11.3 Å². The van der Waals surface area contributed by atoms with Crippen LogP contribution >= 0.6 is 0 Å². The lowest BCUT2D eigenvalue weighted by atomic mass is 9.86. The molecule has 1 saturated heterocycles. The molecule has 1 aliphatic heterocycles. The number of ketones is 1. The minimum Gasteiger partial charge on any atom is -0.480 e. The number of amides is 2. The second-order valence-electron chi connectivity index (χ2n) is 7.07. The molecule has 24 heavy (non-hydrogen) atoms. The van der Waals surface area contributed by atoms with Gasteiger partial charge in [-0.2, -0.15) is 0 Å². The predicted octanol–water partition coefficient (Wildman–Crippen LogP) is 2.02. The summed E-state index contributed by atoms with van der Waals surface area (Å²) in [5, 5.41) is 9.50. The molecule has 2 heterocycles. The number of rotatable bonds is 5. The van der Waals surface area contributed by atoms with Crippen LogP contribution in [0.2, 0.25) is 0 Å². The quantitative estimate of drug-likeness (QED) is 0.833. The number of urea groups is 1. The molecule has 0 aliphatic carbocycles. The highest BCUT2D eigenvalue weighted by Gasteiger charge is 2.43. The highest BCUT2D eigenvalue weighted by Crippen LogP contribution is 2.28. The van der Waals surface area contributed by atoms with Crippen LogP contribution in [0.5, 0.6) is 0 Å². The summed E-state index contributed by atoms with van der Waals surface area (Å²) < 4.78 is 0. The van der Waals surface area contributed by atoms with Crippen molar-refractivity contribution in [3.8, 4) is 0 Å². The van der Waals surface area contributed by atoms with Gasteiger partial charge < -0.3 is 14.9 Å². The molecule has 130 valence electrons. The van der Waals surface area contributed by atoms with E-state index in [1.165, 1.54) is 11.8 Å². The smallest absolute Gasteiger partial charge is 0.327 e. The molecule has 7 heteroatoms. The third kappa shape index (κ3) is 3.72. The lowest BCUT2D eigenvalue weighted by molar-refractivity contribution is -0.145. The van der Waals surface area contributed by atoms with Gasteiger partial charge >= 0.3 is 12.0 Å². The summed E-state index contributed by atoms with van der Waals surface area (Å²) in [4.78, 5) is 42.8. The van der Waals surface area contributed by atoms with Crippen molar-refractivity contribution in [3.63, 3.8) is 0 Å². The van der Waals surface area contributed by atoms with Gasteiger partial charge in [0.05, 0.1) is 12.2 Å². The monoisotopic (exact) mass is 333 g/mol. The van der Waals surface area contributed by atoms with Gasteiger partial charge in [0, 0.05) is 20.0 Å². The Balaban J connectivity index is 2.15. The van der Waals surface area contributed by atoms with Crippen molar-refractivity contribution in [1.82, 2.24) is 14.8 Å². The number of carboxylic acid groups (broad SMARTS) is 1. The zero-order chi connectivity index (χ0) is 18.1. The maximum absolute atomic E-state index is 12.6. The summed E-state index contributed by atoms with van der Waals surface area (Å²) >= 11 is 0. The number of pyridine rings is 1. The molecule has 0 spiro atoms. The summed E-state index contributed by atoms with van der Waals surface area (Å²) in [5.41, 5.74) is 0.402. The molecule has 1 aromatic heterocycles. The molecule has 2 rings (SSSR count). The van der Waals surface area contributed by atoms with Gasteiger partial charge in [-0.25, -0.2) is 14.6 Å². The summed E-state index contributed by atoms with van der Waals surface area (Å²) in [5.74, 6) is -1.14. The topological polar surface area (TPSA) is 90.8 Å². The van der Waals surface area contributed by atoms with Gasteiger partial charge in [0.2, 0.25) is 0 Å². The zero-order valence-electron chi connectivity index (χ0n) is 14.4. The molecule has 1 aromatic rings. The molecule has 0 aromatic carbocycles. The van der Waals surface area contributed by atoms with Gasteiger partial charge in [-0.05, 0) is 17.5 Å². The fourth-order valence-corrected chi connectivity index (χ4v) is 2.92. The van der Waals surface area contributed by atoms with Gasteiger partial charge in [0.1, 0.15) is 11.7 Å². The molecule has 0 unspecified atom stereocenters. The van der Waals surface area contributed by atoms with Crippen molar-refractivity contribution in [2.45, 2.75) is 40.3 Å². The minimum atomic E-state index is -1.01. The average Bonchev–Trinajstić information content (AvgIpc) is 2.79. The number of hydrogen-bond donors (Lipinski definition) is 1. The van der Waals surface area contributed by atoms with E-state index in [4.69, 9.17) is 0 Å². The van der Waals surface area contributed by atoms with E-state index in [1.807, 2.05) is 0 Å². The second-order valence-corrected chi connectivity index (χ2v) is 7.07. The summed E-state index contributed by atoms with van der Waals surface area (Å²) in [7, 11) is 0. The van der Waals surface area contributed by atoms with E-state index in [2.05, 4.69) is 4.98 Å². The number of Topliss-reactive ketones (excluding diaryl/α,β-unsaturated/α-hetero) is 1. The molecule has 2 amide bonds. The Morgan fingerprint density at radius 2 is 1.96 bits per heavy atom. The first-order valence-electron chi connectivity index (χ1n) is 7.86. The lowest BCUT2D eigenvalue weighted by Gasteiger charge is -2.34. The molecule has 1 atom stereocenters. The first kappa shape index (κ1) is 17.9. The first-order valence-corrected chi connectivity index (χ1v) is 7.86. The SMILES string of the molecule is CC(=O)c1cccc(CN2CCN([C@H](C(=O)O)C(C)(C)C)C2=O)n1. The van der Waals surface area contributed by atoms with E-state index in [9.17, 15) is 19.5 Å². The number of carbonyl (C=O) groups is 3. The molecule has 1 N–H and O–H groups in total. The van der Waals surface area contributed by atoms with Crippen LogP contribution in [-0.4, -0.2) is 56.8 Å². The van der Waals surface area contributed by atoms with Crippen LogP contribution in [0, 0.1) is 5.41 Å². The van der Waals surface area contributed by atoms with Crippen LogP contribution in [0.15, 0.2) is 18.2 Å². The average molecular weight is 333 g/mol. The maximum Gasteiger partial charge on any atom is 0.327 e. The van der Waals surface area contributed by atoms with E-state index in [0.29, 0.717) is 24.5 Å². The Kier molecular flexibility index (Phi) is 4.91. The largest absolute Gasteiger partial charge is 0.480 e. The molecule has 0 radical (unpaired) electrons. The highest BCUT2D eigenvalue weighted by atomic mass is 16.4. The molecular formula is C17H23N3O4. The normalized spacial score (nSPS) is 16.4. The molecular weight excluding hydrogens is 310 g/mol. The number of carbonyl (C=O) groups excluding carboxylic acids is 2. The third-order valence-electron chi connectivity index (χ3n) is 4.01. The maximum atomic E-state index is 12.6. The van der Waals surface area contributed by atoms with E-state index < -0.39 is 17.4 Å². The van der Waals surface area contributed by atoms with E-state index >= 15 is 0 Å². The van der Waals surface area contributed by atoms with Crippen molar-refractivity contribution < 1.29 is 19.5 Å². The summed E-state index contributed by atoms with van der Waals surface area (Å²) in [6.45, 7) is 7.91. The first-order chi connectivity index (χ1) is 11.1. The van der Waals surface area contributed by atoms with Crippen molar-refractivity contribution in [3.05, 3.63) is 29.6 Å². The van der Waals surface area contributed by atoms with Crippen LogP contribution in [0.1, 0.15) is 43.9 Å². The fraction of sp³-hybridized carbons (Fsp3) is 0.529. The molecule has 0 bridgehead atoms. The van der Waals surface area contributed by atoms with Crippen LogP contribution in [0.3, 0.4) is 0 Å². The summed E-state index contributed by atoms with van der Waals surface area (Å²) in [6.07, 6.45) is 0. The van der Waals surface area contributed by atoms with E-state index in [1.54, 1.807) is 43.9 Å². The van der Waals surface area contributed by atoms with Crippen molar-refractivity contribution in [2.75, 3.05) is 13.1 Å². The molecule has 7 nitrogen and oxygen atoms in total. The van der Waals surface area contributed by atoms with Crippen LogP contribution < -0.4 is 0 Å². The molecule has 0 saturated carbocycles. The fourth-order valence-electron chi connectivity index (χ4n) is 2.92. The van der Waals surface area contributed by atoms with Crippen LogP contribution in [0.4, 0.5) is 4.79 Å². The van der Waals surface area contributed by atoms with Crippen molar-refractivity contribution in [2.24, 2.45) is 5.41 Å². The number of aromatic nitrogens is 1. The second kappa shape index (κ2) is 6.59. The van der Waals surface area contributed by atoms with Gasteiger partial charge in [0.25, 0.3) is 0 Å². The van der Waals surface area contributed by atoms with E-state index in [0.717, 1.165) is 0 Å². The van der Waals surface area contributed by atoms with E-state index in [-0.39, 0.29) is 18.4 Å². The summed E-state index contributed by atoms with van der Waals surface area (Å²) in [6, 6.07) is 3.91. The number of aliphatic carboxylic acids is 1. The van der Waals surface area contributed by atoms with Crippen molar-refractivity contribution >= 4 is 17.8 Å². The number of nitrogens with zero attached hydrogens (tertiary/aromatic N) is 3. The Morgan fingerprint density at radius 3 is 2.50 bits per heavy atom. The van der Waals surface area contributed by atoms with Gasteiger partial charge in [-0.15, -0.1) is 0 Å². The minimum absolute atomic E-state index is 0.134. The Morgan fingerprint density at radius 1 is 1.29 bits per heavy atom. The zero-order valence-corrected chi connectivity index (χ0v) is 14.4. The third-order valence-corrected chi connectivity index (χ3v) is 4.01. The standard InChI is InChI=1S/C17H23N3O4/c1-11(21)13-7-5-6-12(18-13)10-19-8-9-20(16(19)24)14(15(22)23)17(2,3)4/h5-7,14H,8-10H2,1-4H3,(H,22,23)/t14-/m1/s1. The van der Waals surface area contributed by atoms with Gasteiger partial charge in [-0.1, -0.05) is 26.8 Å². The Labute approximate surface area is 141 Å². The number of hydrogen-bond acceptors (Lipinski definition) is 4. The van der Waals surface area contributed by atoms with Gasteiger partial charge in [0.15, 0.2) is 5.78 Å². The number of carboxylic acids is 1. The Hall–Kier alpha value is -2.44. The van der Waals surface area contributed by atoms with Gasteiger partial charge in [-0.3, -0.25) is 4.79 Å². The lowest BCUT2D eigenvalue weighted by Crippen LogP contribution is -2.51. The Bertz CT molecular complexity index is 666. The molecule has 1 fully saturated rings. The van der Waals surface area contributed by atoms with Crippen LogP contribution in [0.25, 0.3) is 0 Å². The molecule has 1 aliphatic rings.